The third-order valence-electron chi connectivity index (χ3n) is 2.64. The van der Waals surface area contributed by atoms with Crippen molar-refractivity contribution in [3.63, 3.8) is 0 Å². The first-order chi connectivity index (χ1) is 7.84. The number of para-hydroxylation sites is 1. The topological polar surface area (TPSA) is 12.0 Å². The Morgan fingerprint density at radius 3 is 2.25 bits per heavy atom. The molecule has 16 heavy (non-hydrogen) atoms. The average molecular weight is 211 g/mol. The highest BCUT2D eigenvalue weighted by Crippen LogP contribution is 2.07. The molecular formula is C15H17N. The van der Waals surface area contributed by atoms with Gasteiger partial charge in [-0.25, -0.2) is 0 Å². The Bertz CT molecular complexity index is 417. The Morgan fingerprint density at radius 2 is 1.56 bits per heavy atom. The van der Waals surface area contributed by atoms with Crippen LogP contribution in [-0.4, -0.2) is 6.54 Å². The maximum Gasteiger partial charge on any atom is 0.0340 e. The summed E-state index contributed by atoms with van der Waals surface area (Å²) in [5, 5.41) is 3.41. The Hall–Kier alpha value is -1.76. The minimum absolute atomic E-state index is 0.979. The summed E-state index contributed by atoms with van der Waals surface area (Å²) in [6.45, 7) is 3.10. The van der Waals surface area contributed by atoms with Crippen LogP contribution in [0.4, 0.5) is 5.69 Å². The highest BCUT2D eigenvalue weighted by atomic mass is 14.9. The molecule has 0 amide bonds. The quantitative estimate of drug-likeness (QED) is 0.814. The average Bonchev–Trinajstić information content (AvgIpc) is 2.33. The minimum Gasteiger partial charge on any atom is -0.385 e. The van der Waals surface area contributed by atoms with Crippen molar-refractivity contribution in [2.75, 3.05) is 11.9 Å². The number of benzene rings is 2. The number of hydrogen-bond acceptors (Lipinski definition) is 1. The second-order valence-electron chi connectivity index (χ2n) is 4.03. The summed E-state index contributed by atoms with van der Waals surface area (Å²) in [7, 11) is 0. The third-order valence-corrected chi connectivity index (χ3v) is 2.64. The molecule has 1 N–H and O–H groups in total. The maximum atomic E-state index is 3.41. The van der Waals surface area contributed by atoms with E-state index < -0.39 is 0 Å². The molecule has 0 bridgehead atoms. The van der Waals surface area contributed by atoms with Crippen LogP contribution in [0.1, 0.15) is 11.1 Å². The fourth-order valence-electron chi connectivity index (χ4n) is 1.66. The van der Waals surface area contributed by atoms with Gasteiger partial charge in [0.2, 0.25) is 0 Å². The lowest BCUT2D eigenvalue weighted by atomic mass is 10.1. The van der Waals surface area contributed by atoms with Crippen LogP contribution < -0.4 is 5.32 Å². The molecule has 0 aromatic heterocycles. The van der Waals surface area contributed by atoms with Crippen molar-refractivity contribution in [3.05, 3.63) is 65.7 Å². The minimum atomic E-state index is 0.979. The molecule has 1 heteroatoms. The summed E-state index contributed by atoms with van der Waals surface area (Å²) in [4.78, 5) is 0. The van der Waals surface area contributed by atoms with Crippen LogP contribution in [0.3, 0.4) is 0 Å². The van der Waals surface area contributed by atoms with E-state index in [4.69, 9.17) is 0 Å². The Kier molecular flexibility index (Phi) is 3.60. The molecule has 2 aromatic rings. The molecule has 0 atom stereocenters. The SMILES string of the molecule is Cc1ccc(CCNc2ccccc2)cc1. The van der Waals surface area contributed by atoms with Crippen LogP contribution >= 0.6 is 0 Å². The van der Waals surface area contributed by atoms with E-state index in [0.717, 1.165) is 13.0 Å². The van der Waals surface area contributed by atoms with Crippen molar-refractivity contribution in [1.29, 1.82) is 0 Å². The van der Waals surface area contributed by atoms with Gasteiger partial charge in [-0.1, -0.05) is 48.0 Å². The number of rotatable bonds is 4. The van der Waals surface area contributed by atoms with Gasteiger partial charge in [0.25, 0.3) is 0 Å². The van der Waals surface area contributed by atoms with Crippen molar-refractivity contribution >= 4 is 5.69 Å². The van der Waals surface area contributed by atoms with Gasteiger partial charge in [-0.2, -0.15) is 0 Å². The van der Waals surface area contributed by atoms with E-state index in [-0.39, 0.29) is 0 Å². The predicted octanol–water partition coefficient (Wildman–Crippen LogP) is 3.65. The molecular weight excluding hydrogens is 194 g/mol. The number of nitrogens with one attached hydrogen (secondary N) is 1. The largest absolute Gasteiger partial charge is 0.385 e. The fraction of sp³-hybridized carbons (Fsp3) is 0.200. The lowest BCUT2D eigenvalue weighted by molar-refractivity contribution is 1.02. The summed E-state index contributed by atoms with van der Waals surface area (Å²) < 4.78 is 0. The first-order valence-corrected chi connectivity index (χ1v) is 5.69. The number of anilines is 1. The molecule has 2 rings (SSSR count). The van der Waals surface area contributed by atoms with Gasteiger partial charge in [0.05, 0.1) is 0 Å². The zero-order valence-electron chi connectivity index (χ0n) is 9.61. The summed E-state index contributed by atoms with van der Waals surface area (Å²) in [5.74, 6) is 0. The molecule has 0 aliphatic heterocycles. The van der Waals surface area contributed by atoms with E-state index in [1.165, 1.54) is 16.8 Å². The van der Waals surface area contributed by atoms with Crippen LogP contribution in [0.5, 0.6) is 0 Å². The maximum absolute atomic E-state index is 3.41. The molecule has 0 aliphatic carbocycles. The number of aryl methyl sites for hydroxylation is 1. The normalized spacial score (nSPS) is 10.1. The van der Waals surface area contributed by atoms with Gasteiger partial charge in [0, 0.05) is 12.2 Å². The molecule has 1 nitrogen and oxygen atoms in total. The molecule has 0 aliphatic rings. The van der Waals surface area contributed by atoms with Crippen molar-refractivity contribution in [2.45, 2.75) is 13.3 Å². The van der Waals surface area contributed by atoms with E-state index in [1.54, 1.807) is 0 Å². The molecule has 82 valence electrons. The standard InChI is InChI=1S/C15H17N/c1-13-7-9-14(10-8-13)11-12-16-15-5-3-2-4-6-15/h2-10,16H,11-12H2,1H3. The third kappa shape index (κ3) is 3.13. The van der Waals surface area contributed by atoms with E-state index in [1.807, 2.05) is 18.2 Å². The zero-order valence-corrected chi connectivity index (χ0v) is 9.61. The van der Waals surface area contributed by atoms with Crippen LogP contribution in [0.15, 0.2) is 54.6 Å². The fourth-order valence-corrected chi connectivity index (χ4v) is 1.66. The molecule has 0 radical (unpaired) electrons. The van der Waals surface area contributed by atoms with Gasteiger partial charge in [-0.05, 0) is 31.0 Å². The lowest BCUT2D eigenvalue weighted by Gasteiger charge is -2.06. The molecule has 0 unspecified atom stereocenters. The van der Waals surface area contributed by atoms with E-state index in [9.17, 15) is 0 Å². The molecule has 0 saturated carbocycles. The summed E-state index contributed by atoms with van der Waals surface area (Å²) in [6, 6.07) is 19.0. The highest BCUT2D eigenvalue weighted by molar-refractivity contribution is 5.42. The van der Waals surface area contributed by atoms with Gasteiger partial charge in [-0.3, -0.25) is 0 Å². The van der Waals surface area contributed by atoms with E-state index in [0.29, 0.717) is 0 Å². The van der Waals surface area contributed by atoms with Crippen molar-refractivity contribution in [1.82, 2.24) is 0 Å². The van der Waals surface area contributed by atoms with Gasteiger partial charge < -0.3 is 5.32 Å². The van der Waals surface area contributed by atoms with Crippen molar-refractivity contribution in [3.8, 4) is 0 Å². The smallest absolute Gasteiger partial charge is 0.0340 e. The molecule has 0 heterocycles. The summed E-state index contributed by atoms with van der Waals surface area (Å²) in [6.07, 6.45) is 1.06. The second-order valence-corrected chi connectivity index (χ2v) is 4.03. The van der Waals surface area contributed by atoms with Gasteiger partial charge in [0.1, 0.15) is 0 Å². The first-order valence-electron chi connectivity index (χ1n) is 5.69. The monoisotopic (exact) mass is 211 g/mol. The van der Waals surface area contributed by atoms with Crippen molar-refractivity contribution < 1.29 is 0 Å². The number of hydrogen-bond donors (Lipinski definition) is 1. The van der Waals surface area contributed by atoms with Crippen LogP contribution in [0, 0.1) is 6.92 Å². The Balaban J connectivity index is 1.82. The van der Waals surface area contributed by atoms with Gasteiger partial charge >= 0.3 is 0 Å². The molecule has 0 saturated heterocycles. The van der Waals surface area contributed by atoms with Crippen LogP contribution in [0.2, 0.25) is 0 Å². The molecule has 0 spiro atoms. The van der Waals surface area contributed by atoms with Gasteiger partial charge in [0.15, 0.2) is 0 Å². The predicted molar refractivity (Wildman–Crippen MR) is 69.8 cm³/mol. The van der Waals surface area contributed by atoms with Crippen LogP contribution in [-0.2, 0) is 6.42 Å². The van der Waals surface area contributed by atoms with Crippen LogP contribution in [0.25, 0.3) is 0 Å². The van der Waals surface area contributed by atoms with E-state index >= 15 is 0 Å². The first kappa shape index (κ1) is 10.7. The molecule has 0 fully saturated rings. The molecule has 2 aromatic carbocycles. The Morgan fingerprint density at radius 1 is 0.875 bits per heavy atom. The zero-order chi connectivity index (χ0) is 11.2. The highest BCUT2D eigenvalue weighted by Gasteiger charge is 1.93. The van der Waals surface area contributed by atoms with Crippen molar-refractivity contribution in [2.24, 2.45) is 0 Å². The van der Waals surface area contributed by atoms with Gasteiger partial charge in [-0.15, -0.1) is 0 Å². The summed E-state index contributed by atoms with van der Waals surface area (Å²) >= 11 is 0. The summed E-state index contributed by atoms with van der Waals surface area (Å²) in [5.41, 5.74) is 3.89. The lowest BCUT2D eigenvalue weighted by Crippen LogP contribution is -2.04. The van der Waals surface area contributed by atoms with E-state index in [2.05, 4.69) is 48.6 Å². The second kappa shape index (κ2) is 5.36. The Labute approximate surface area is 97.1 Å².